The first-order chi connectivity index (χ1) is 14.8. The van der Waals surface area contributed by atoms with Gasteiger partial charge in [0.2, 0.25) is 0 Å². The molecule has 0 saturated carbocycles. The molecule has 31 heavy (non-hydrogen) atoms. The Morgan fingerprint density at radius 1 is 1.06 bits per heavy atom. The molecule has 1 atom stereocenters. The molecule has 0 spiro atoms. The second-order valence-electron chi connectivity index (χ2n) is 7.29. The van der Waals surface area contributed by atoms with E-state index < -0.39 is 15.8 Å². The Morgan fingerprint density at radius 2 is 1.81 bits per heavy atom. The van der Waals surface area contributed by atoms with Gasteiger partial charge in [-0.15, -0.1) is 0 Å². The smallest absolute Gasteiger partial charge is 0.261 e. The Bertz CT molecular complexity index is 1230. The maximum Gasteiger partial charge on any atom is 0.261 e. The molecule has 0 radical (unpaired) electrons. The van der Waals surface area contributed by atoms with Gasteiger partial charge in [0.1, 0.15) is 11.6 Å². The first kappa shape index (κ1) is 20.9. The number of nitrogens with one attached hydrogen (secondary N) is 2. The predicted molar refractivity (Wildman–Crippen MR) is 115 cm³/mol. The molecule has 160 valence electrons. The highest BCUT2D eigenvalue weighted by molar-refractivity contribution is 7.92. The third-order valence-corrected chi connectivity index (χ3v) is 6.51. The fourth-order valence-corrected chi connectivity index (χ4v) is 4.55. The first-order valence-electron chi connectivity index (χ1n) is 9.75. The van der Waals surface area contributed by atoms with E-state index >= 15 is 0 Å². The molecular formula is C23H21FN2O4S. The average Bonchev–Trinajstić information content (AvgIpc) is 2.75. The maximum atomic E-state index is 13.1. The van der Waals surface area contributed by atoms with Crippen LogP contribution >= 0.6 is 0 Å². The Kier molecular flexibility index (Phi) is 5.65. The molecule has 1 aliphatic heterocycles. The van der Waals surface area contributed by atoms with Crippen molar-refractivity contribution in [3.05, 3.63) is 89.2 Å². The summed E-state index contributed by atoms with van der Waals surface area (Å²) in [6, 6.07) is 16.7. The Morgan fingerprint density at radius 3 is 2.58 bits per heavy atom. The van der Waals surface area contributed by atoms with E-state index in [1.165, 1.54) is 18.2 Å². The molecule has 1 heterocycles. The summed E-state index contributed by atoms with van der Waals surface area (Å²) in [7, 11) is -3.93. The van der Waals surface area contributed by atoms with Crippen LogP contribution in [0.2, 0.25) is 0 Å². The van der Waals surface area contributed by atoms with Crippen LogP contribution in [0, 0.1) is 12.7 Å². The van der Waals surface area contributed by atoms with Gasteiger partial charge in [-0.3, -0.25) is 9.52 Å². The second kappa shape index (κ2) is 8.39. The fourth-order valence-electron chi connectivity index (χ4n) is 3.42. The van der Waals surface area contributed by atoms with Crippen molar-refractivity contribution < 1.29 is 22.3 Å². The van der Waals surface area contributed by atoms with E-state index in [9.17, 15) is 17.6 Å². The third kappa shape index (κ3) is 4.54. The molecule has 8 heteroatoms. The zero-order chi connectivity index (χ0) is 22.0. The van der Waals surface area contributed by atoms with Crippen LogP contribution in [-0.4, -0.2) is 20.9 Å². The van der Waals surface area contributed by atoms with Crippen LogP contribution in [0.25, 0.3) is 0 Å². The number of aryl methyl sites for hydroxylation is 1. The predicted octanol–water partition coefficient (Wildman–Crippen LogP) is 4.19. The summed E-state index contributed by atoms with van der Waals surface area (Å²) in [4.78, 5) is 12.8. The van der Waals surface area contributed by atoms with E-state index in [0.717, 1.165) is 23.4 Å². The zero-order valence-electron chi connectivity index (χ0n) is 16.8. The molecule has 0 aromatic heterocycles. The molecule has 2 N–H and O–H groups in total. The monoisotopic (exact) mass is 440 g/mol. The van der Waals surface area contributed by atoms with E-state index in [-0.39, 0.29) is 22.5 Å². The Balaban J connectivity index is 1.55. The van der Waals surface area contributed by atoms with E-state index in [1.54, 1.807) is 19.1 Å². The molecule has 6 nitrogen and oxygen atoms in total. The van der Waals surface area contributed by atoms with Gasteiger partial charge in [-0.25, -0.2) is 12.8 Å². The number of ether oxygens (including phenoxy) is 1. The van der Waals surface area contributed by atoms with Crippen molar-refractivity contribution in [3.8, 4) is 5.75 Å². The SMILES string of the molecule is Cc1ccc(C(=O)N[C@H]2CCOc3ccccc32)cc1NS(=O)(=O)c1ccc(F)cc1. The van der Waals surface area contributed by atoms with Gasteiger partial charge in [-0.1, -0.05) is 24.3 Å². The van der Waals surface area contributed by atoms with Crippen molar-refractivity contribution in [1.29, 1.82) is 0 Å². The van der Waals surface area contributed by atoms with Gasteiger partial charge in [0.25, 0.3) is 15.9 Å². The minimum atomic E-state index is -3.93. The molecular weight excluding hydrogens is 419 g/mol. The van der Waals surface area contributed by atoms with Crippen molar-refractivity contribution in [2.75, 3.05) is 11.3 Å². The lowest BCUT2D eigenvalue weighted by Crippen LogP contribution is -2.32. The minimum Gasteiger partial charge on any atom is -0.493 e. The molecule has 0 unspecified atom stereocenters. The lowest BCUT2D eigenvalue weighted by atomic mass is 10.00. The normalized spacial score (nSPS) is 15.5. The maximum absolute atomic E-state index is 13.1. The third-order valence-electron chi connectivity index (χ3n) is 5.13. The van der Waals surface area contributed by atoms with E-state index in [4.69, 9.17) is 4.74 Å². The van der Waals surface area contributed by atoms with E-state index in [1.807, 2.05) is 24.3 Å². The number of amides is 1. The van der Waals surface area contributed by atoms with Crippen LogP contribution < -0.4 is 14.8 Å². The van der Waals surface area contributed by atoms with Gasteiger partial charge >= 0.3 is 0 Å². The summed E-state index contributed by atoms with van der Waals surface area (Å²) in [5, 5.41) is 3.00. The van der Waals surface area contributed by atoms with Crippen LogP contribution in [0.15, 0.2) is 71.6 Å². The van der Waals surface area contributed by atoms with E-state index in [2.05, 4.69) is 10.0 Å². The summed E-state index contributed by atoms with van der Waals surface area (Å²) in [5.41, 5.74) is 2.17. The van der Waals surface area contributed by atoms with Crippen LogP contribution in [0.4, 0.5) is 10.1 Å². The van der Waals surface area contributed by atoms with Crippen LogP contribution in [0.3, 0.4) is 0 Å². The van der Waals surface area contributed by atoms with Crippen molar-refractivity contribution in [3.63, 3.8) is 0 Å². The van der Waals surface area contributed by atoms with Crippen molar-refractivity contribution >= 4 is 21.6 Å². The number of rotatable bonds is 5. The van der Waals surface area contributed by atoms with Crippen LogP contribution in [0.5, 0.6) is 5.75 Å². The number of halogens is 1. The van der Waals surface area contributed by atoms with Gasteiger partial charge in [-0.2, -0.15) is 0 Å². The zero-order valence-corrected chi connectivity index (χ0v) is 17.6. The van der Waals surface area contributed by atoms with Gasteiger partial charge in [0, 0.05) is 17.5 Å². The number of carbonyl (C=O) groups excluding carboxylic acids is 1. The quantitative estimate of drug-likeness (QED) is 0.623. The highest BCUT2D eigenvalue weighted by atomic mass is 32.2. The number of sulfonamides is 1. The van der Waals surface area contributed by atoms with Gasteiger partial charge < -0.3 is 10.1 Å². The van der Waals surface area contributed by atoms with Crippen molar-refractivity contribution in [1.82, 2.24) is 5.32 Å². The Labute approximate surface area is 180 Å². The van der Waals surface area contributed by atoms with E-state index in [0.29, 0.717) is 24.2 Å². The standard InChI is InChI=1S/C23H21FN2O4S/c1-15-6-7-16(14-21(15)26-31(28,29)18-10-8-17(24)9-11-18)23(27)25-20-12-13-30-22-5-3-2-4-19(20)22/h2-11,14,20,26H,12-13H2,1H3,(H,25,27)/t20-/m0/s1. The number of para-hydroxylation sites is 1. The highest BCUT2D eigenvalue weighted by Gasteiger charge is 2.24. The molecule has 1 aliphatic rings. The van der Waals surface area contributed by atoms with Crippen molar-refractivity contribution in [2.24, 2.45) is 0 Å². The summed E-state index contributed by atoms with van der Waals surface area (Å²) in [5.74, 6) is -0.0943. The number of hydrogen-bond donors (Lipinski definition) is 2. The van der Waals surface area contributed by atoms with Crippen LogP contribution in [0.1, 0.15) is 33.9 Å². The van der Waals surface area contributed by atoms with Crippen molar-refractivity contribution in [2.45, 2.75) is 24.3 Å². The topological polar surface area (TPSA) is 84.5 Å². The molecule has 4 rings (SSSR count). The first-order valence-corrected chi connectivity index (χ1v) is 11.2. The molecule has 3 aromatic rings. The summed E-state index contributed by atoms with van der Waals surface area (Å²) < 4.78 is 46.5. The average molecular weight is 440 g/mol. The largest absolute Gasteiger partial charge is 0.493 e. The minimum absolute atomic E-state index is 0.0676. The van der Waals surface area contributed by atoms with Gasteiger partial charge in [0.05, 0.1) is 23.2 Å². The fraction of sp³-hybridized carbons (Fsp3) is 0.174. The summed E-state index contributed by atoms with van der Waals surface area (Å²) in [6.07, 6.45) is 0.638. The van der Waals surface area contributed by atoms with Gasteiger partial charge in [0.15, 0.2) is 0 Å². The molecule has 0 aliphatic carbocycles. The molecule has 1 amide bonds. The van der Waals surface area contributed by atoms with Crippen LogP contribution in [-0.2, 0) is 10.0 Å². The van der Waals surface area contributed by atoms with Gasteiger partial charge in [-0.05, 0) is 55.0 Å². The summed E-state index contributed by atoms with van der Waals surface area (Å²) >= 11 is 0. The number of fused-ring (bicyclic) bond motifs is 1. The number of benzene rings is 3. The number of carbonyl (C=O) groups is 1. The Hall–Kier alpha value is -3.39. The lowest BCUT2D eigenvalue weighted by Gasteiger charge is -2.26. The molecule has 0 bridgehead atoms. The lowest BCUT2D eigenvalue weighted by molar-refractivity contribution is 0.0925. The second-order valence-corrected chi connectivity index (χ2v) is 8.97. The summed E-state index contributed by atoms with van der Waals surface area (Å²) in [6.45, 7) is 2.23. The number of hydrogen-bond acceptors (Lipinski definition) is 4. The molecule has 0 fully saturated rings. The molecule has 3 aromatic carbocycles. The molecule has 0 saturated heterocycles. The highest BCUT2D eigenvalue weighted by Crippen LogP contribution is 2.32. The number of anilines is 1.